The van der Waals surface area contributed by atoms with Gasteiger partial charge in [-0.1, -0.05) is 23.7 Å². The summed E-state index contributed by atoms with van der Waals surface area (Å²) >= 11 is 7.32. The van der Waals surface area contributed by atoms with Crippen LogP contribution in [0.25, 0.3) is 0 Å². The third-order valence-corrected chi connectivity index (χ3v) is 3.60. The van der Waals surface area contributed by atoms with Crippen LogP contribution in [-0.4, -0.2) is 18.0 Å². The standard InChI is InChI=1S/C14H12ClN3O2S/c1-9-4-5-10(15)7-12(9)17-13(19)14(20)18-16-8-11-3-2-6-21-11/h2-8H,1H3,(H,17,19)(H,18,20). The maximum Gasteiger partial charge on any atom is 0.329 e. The molecule has 0 spiro atoms. The van der Waals surface area contributed by atoms with Crippen LogP contribution in [0.4, 0.5) is 5.69 Å². The van der Waals surface area contributed by atoms with Crippen molar-refractivity contribution in [3.63, 3.8) is 0 Å². The number of halogens is 1. The van der Waals surface area contributed by atoms with E-state index in [0.717, 1.165) is 10.4 Å². The highest BCUT2D eigenvalue weighted by Gasteiger charge is 2.14. The summed E-state index contributed by atoms with van der Waals surface area (Å²) in [5, 5.41) is 8.57. The summed E-state index contributed by atoms with van der Waals surface area (Å²) < 4.78 is 0. The average Bonchev–Trinajstić information content (AvgIpc) is 2.96. The number of amides is 2. The smallest absolute Gasteiger partial charge is 0.317 e. The molecule has 0 atom stereocenters. The first kappa shape index (κ1) is 15.2. The summed E-state index contributed by atoms with van der Waals surface area (Å²) in [7, 11) is 0. The lowest BCUT2D eigenvalue weighted by molar-refractivity contribution is -0.136. The van der Waals surface area contributed by atoms with E-state index in [2.05, 4.69) is 15.8 Å². The van der Waals surface area contributed by atoms with Gasteiger partial charge in [0, 0.05) is 15.6 Å². The molecule has 21 heavy (non-hydrogen) atoms. The van der Waals surface area contributed by atoms with Gasteiger partial charge in [0.05, 0.1) is 6.21 Å². The molecule has 1 aromatic carbocycles. The monoisotopic (exact) mass is 321 g/mol. The van der Waals surface area contributed by atoms with E-state index >= 15 is 0 Å². The van der Waals surface area contributed by atoms with E-state index in [-0.39, 0.29) is 0 Å². The Morgan fingerprint density at radius 1 is 1.29 bits per heavy atom. The van der Waals surface area contributed by atoms with Gasteiger partial charge >= 0.3 is 11.8 Å². The number of hydrazone groups is 1. The minimum Gasteiger partial charge on any atom is -0.317 e. The first-order valence-electron chi connectivity index (χ1n) is 6.00. The molecular weight excluding hydrogens is 310 g/mol. The summed E-state index contributed by atoms with van der Waals surface area (Å²) in [6.45, 7) is 1.80. The van der Waals surface area contributed by atoms with Crippen molar-refractivity contribution < 1.29 is 9.59 Å². The molecule has 0 unspecified atom stereocenters. The molecule has 0 bridgehead atoms. The number of carbonyl (C=O) groups is 2. The van der Waals surface area contributed by atoms with Crippen LogP contribution in [-0.2, 0) is 9.59 Å². The van der Waals surface area contributed by atoms with Gasteiger partial charge in [0.25, 0.3) is 0 Å². The molecule has 1 heterocycles. The largest absolute Gasteiger partial charge is 0.329 e. The van der Waals surface area contributed by atoms with Crippen molar-refractivity contribution in [3.8, 4) is 0 Å². The van der Waals surface area contributed by atoms with Crippen molar-refractivity contribution in [2.24, 2.45) is 5.10 Å². The number of anilines is 1. The Hall–Kier alpha value is -2.18. The molecule has 5 nitrogen and oxygen atoms in total. The second-order valence-electron chi connectivity index (χ2n) is 4.13. The number of hydrogen-bond donors (Lipinski definition) is 2. The Labute approximate surface area is 130 Å². The summed E-state index contributed by atoms with van der Waals surface area (Å²) in [5.41, 5.74) is 3.47. The molecule has 108 valence electrons. The molecule has 0 radical (unpaired) electrons. The van der Waals surface area contributed by atoms with Gasteiger partial charge in [0.15, 0.2) is 0 Å². The third kappa shape index (κ3) is 4.40. The number of nitrogens with one attached hydrogen (secondary N) is 2. The molecule has 0 saturated carbocycles. The number of rotatable bonds is 3. The van der Waals surface area contributed by atoms with Crippen LogP contribution >= 0.6 is 22.9 Å². The zero-order valence-electron chi connectivity index (χ0n) is 11.1. The highest BCUT2D eigenvalue weighted by atomic mass is 35.5. The number of hydrogen-bond acceptors (Lipinski definition) is 4. The quantitative estimate of drug-likeness (QED) is 0.518. The number of aryl methyl sites for hydroxylation is 1. The van der Waals surface area contributed by atoms with E-state index in [0.29, 0.717) is 10.7 Å². The fourth-order valence-corrected chi connectivity index (χ4v) is 2.24. The SMILES string of the molecule is Cc1ccc(Cl)cc1NC(=O)C(=O)NN=Cc1cccs1. The lowest BCUT2D eigenvalue weighted by Gasteiger charge is -2.07. The van der Waals surface area contributed by atoms with Crippen LogP contribution in [0.2, 0.25) is 5.02 Å². The third-order valence-electron chi connectivity index (χ3n) is 2.56. The molecule has 0 aliphatic heterocycles. The van der Waals surface area contributed by atoms with Crippen molar-refractivity contribution >= 4 is 46.7 Å². The maximum atomic E-state index is 11.7. The first-order valence-corrected chi connectivity index (χ1v) is 7.26. The molecular formula is C14H12ClN3O2S. The highest BCUT2D eigenvalue weighted by molar-refractivity contribution is 7.11. The summed E-state index contributed by atoms with van der Waals surface area (Å²) in [4.78, 5) is 24.2. The fourth-order valence-electron chi connectivity index (χ4n) is 1.48. The zero-order valence-corrected chi connectivity index (χ0v) is 12.7. The summed E-state index contributed by atoms with van der Waals surface area (Å²) in [6.07, 6.45) is 1.47. The van der Waals surface area contributed by atoms with Crippen molar-refractivity contribution in [2.75, 3.05) is 5.32 Å². The van der Waals surface area contributed by atoms with Gasteiger partial charge in [0.1, 0.15) is 0 Å². The second kappa shape index (κ2) is 7.01. The summed E-state index contributed by atoms with van der Waals surface area (Å²) in [5.74, 6) is -1.65. The lowest BCUT2D eigenvalue weighted by atomic mass is 10.2. The van der Waals surface area contributed by atoms with Gasteiger partial charge in [-0.15, -0.1) is 11.3 Å². The topological polar surface area (TPSA) is 70.6 Å². The van der Waals surface area contributed by atoms with Gasteiger partial charge < -0.3 is 5.32 Å². The van der Waals surface area contributed by atoms with Crippen molar-refractivity contribution in [3.05, 3.63) is 51.2 Å². The molecule has 1 aromatic heterocycles. The second-order valence-corrected chi connectivity index (χ2v) is 5.54. The van der Waals surface area contributed by atoms with Crippen LogP contribution < -0.4 is 10.7 Å². The number of carbonyl (C=O) groups excluding carboxylic acids is 2. The van der Waals surface area contributed by atoms with Crippen molar-refractivity contribution in [2.45, 2.75) is 6.92 Å². The van der Waals surface area contributed by atoms with E-state index in [1.165, 1.54) is 17.6 Å². The Kier molecular flexibility index (Phi) is 5.08. The van der Waals surface area contributed by atoms with Crippen LogP contribution in [0, 0.1) is 6.92 Å². The number of thiophene rings is 1. The highest BCUT2D eigenvalue weighted by Crippen LogP contribution is 2.19. The molecule has 0 aliphatic rings. The van der Waals surface area contributed by atoms with E-state index in [1.807, 2.05) is 17.5 Å². The van der Waals surface area contributed by atoms with Gasteiger partial charge in [-0.2, -0.15) is 5.10 Å². The van der Waals surface area contributed by atoms with Crippen LogP contribution in [0.3, 0.4) is 0 Å². The Morgan fingerprint density at radius 3 is 2.81 bits per heavy atom. The van der Waals surface area contributed by atoms with E-state index in [9.17, 15) is 9.59 Å². The van der Waals surface area contributed by atoms with E-state index < -0.39 is 11.8 Å². The van der Waals surface area contributed by atoms with Gasteiger partial charge in [-0.3, -0.25) is 9.59 Å². The maximum absolute atomic E-state index is 11.7. The van der Waals surface area contributed by atoms with E-state index in [4.69, 9.17) is 11.6 Å². The van der Waals surface area contributed by atoms with Crippen LogP contribution in [0.1, 0.15) is 10.4 Å². The van der Waals surface area contributed by atoms with Crippen molar-refractivity contribution in [1.82, 2.24) is 5.43 Å². The molecule has 2 amide bonds. The molecule has 0 aliphatic carbocycles. The fraction of sp³-hybridized carbons (Fsp3) is 0.0714. The Balaban J connectivity index is 1.93. The minimum atomic E-state index is -0.845. The summed E-state index contributed by atoms with van der Waals surface area (Å²) in [6, 6.07) is 8.75. The van der Waals surface area contributed by atoms with Gasteiger partial charge in [0.2, 0.25) is 0 Å². The molecule has 0 fully saturated rings. The van der Waals surface area contributed by atoms with E-state index in [1.54, 1.807) is 25.1 Å². The number of nitrogens with zero attached hydrogens (tertiary/aromatic N) is 1. The normalized spacial score (nSPS) is 10.6. The van der Waals surface area contributed by atoms with Gasteiger partial charge in [-0.25, -0.2) is 5.43 Å². The predicted molar refractivity (Wildman–Crippen MR) is 84.9 cm³/mol. The van der Waals surface area contributed by atoms with Gasteiger partial charge in [-0.05, 0) is 36.1 Å². The molecule has 2 rings (SSSR count). The van der Waals surface area contributed by atoms with Crippen LogP contribution in [0.5, 0.6) is 0 Å². The van der Waals surface area contributed by atoms with Crippen molar-refractivity contribution in [1.29, 1.82) is 0 Å². The molecule has 2 aromatic rings. The minimum absolute atomic E-state index is 0.479. The lowest BCUT2D eigenvalue weighted by Crippen LogP contribution is -2.32. The molecule has 7 heteroatoms. The molecule has 2 N–H and O–H groups in total. The molecule has 0 saturated heterocycles. The Bertz CT molecular complexity index is 684. The first-order chi connectivity index (χ1) is 10.1. The number of benzene rings is 1. The van der Waals surface area contributed by atoms with Crippen LogP contribution in [0.15, 0.2) is 40.8 Å². The average molecular weight is 322 g/mol. The Morgan fingerprint density at radius 2 is 2.10 bits per heavy atom. The zero-order chi connectivity index (χ0) is 15.2. The predicted octanol–water partition coefficient (Wildman–Crippen LogP) is 2.80.